The minimum absolute atomic E-state index is 0.137. The average Bonchev–Trinajstić information content (AvgIpc) is 2.73. The zero-order chi connectivity index (χ0) is 16.2. The molecule has 1 unspecified atom stereocenters. The lowest BCUT2D eigenvalue weighted by atomic mass is 10.2. The number of carbonyl (C=O) groups is 2. The third kappa shape index (κ3) is 5.73. The fraction of sp³-hybridized carbons (Fsp3) is 0.733. The van der Waals surface area contributed by atoms with Crippen molar-refractivity contribution >= 4 is 12.0 Å². The highest BCUT2D eigenvalue weighted by atomic mass is 19.1. The van der Waals surface area contributed by atoms with Gasteiger partial charge >= 0.3 is 6.09 Å². The van der Waals surface area contributed by atoms with E-state index in [2.05, 4.69) is 5.32 Å². The molecule has 0 aliphatic carbocycles. The van der Waals surface area contributed by atoms with E-state index < -0.39 is 29.5 Å². The molecule has 2 amide bonds. The molecular weight excluding hydrogens is 275 g/mol. The van der Waals surface area contributed by atoms with Crippen LogP contribution in [-0.2, 0) is 9.53 Å². The van der Waals surface area contributed by atoms with E-state index in [1.807, 2.05) is 0 Å². The van der Waals surface area contributed by atoms with Crippen LogP contribution in [0.25, 0.3) is 0 Å². The Morgan fingerprint density at radius 2 is 2.00 bits per heavy atom. The highest BCUT2D eigenvalue weighted by molar-refractivity contribution is 5.91. The van der Waals surface area contributed by atoms with Gasteiger partial charge < -0.3 is 15.0 Å². The number of nitrogens with zero attached hydrogens (tertiary/aromatic N) is 1. The number of amides is 2. The quantitative estimate of drug-likeness (QED) is 0.815. The van der Waals surface area contributed by atoms with Crippen molar-refractivity contribution in [2.24, 2.45) is 0 Å². The number of likely N-dealkylation sites (tertiary alicyclic amines) is 1. The second-order valence-electron chi connectivity index (χ2n) is 6.53. The summed E-state index contributed by atoms with van der Waals surface area (Å²) in [5.41, 5.74) is -0.596. The normalized spacial score (nSPS) is 19.9. The van der Waals surface area contributed by atoms with Crippen LogP contribution in [0, 0.1) is 0 Å². The summed E-state index contributed by atoms with van der Waals surface area (Å²) in [4.78, 5) is 25.1. The van der Waals surface area contributed by atoms with Crippen LogP contribution in [0.4, 0.5) is 9.18 Å². The summed E-state index contributed by atoms with van der Waals surface area (Å²) in [6, 6.07) is -0.569. The molecule has 1 heterocycles. The molecule has 0 saturated carbocycles. The topological polar surface area (TPSA) is 58.6 Å². The third-order valence-corrected chi connectivity index (χ3v) is 2.90. The number of hydrogen-bond acceptors (Lipinski definition) is 3. The SMILES string of the molecule is CC(C)NC(=O)/C(F)=C\C1CCCN1C(=O)OC(C)(C)C. The molecular formula is C15H25FN2O3. The number of nitrogens with one attached hydrogen (secondary N) is 1. The van der Waals surface area contributed by atoms with E-state index in [0.29, 0.717) is 13.0 Å². The van der Waals surface area contributed by atoms with Crippen molar-refractivity contribution < 1.29 is 18.7 Å². The van der Waals surface area contributed by atoms with Crippen molar-refractivity contribution in [1.82, 2.24) is 10.2 Å². The van der Waals surface area contributed by atoms with Gasteiger partial charge in [0.2, 0.25) is 0 Å². The average molecular weight is 300 g/mol. The van der Waals surface area contributed by atoms with Crippen LogP contribution in [0.3, 0.4) is 0 Å². The zero-order valence-electron chi connectivity index (χ0n) is 13.4. The summed E-state index contributed by atoms with van der Waals surface area (Å²) < 4.78 is 19.1. The lowest BCUT2D eigenvalue weighted by molar-refractivity contribution is -0.119. The first-order valence-corrected chi connectivity index (χ1v) is 7.28. The number of rotatable bonds is 3. The standard InChI is InChI=1S/C15H25FN2O3/c1-10(2)17-13(19)12(16)9-11-7-6-8-18(11)14(20)21-15(3,4)5/h9-11H,6-8H2,1-5H3,(H,17,19)/b12-9+. The zero-order valence-corrected chi connectivity index (χ0v) is 13.4. The summed E-state index contributed by atoms with van der Waals surface area (Å²) in [6.07, 6.45) is 2.12. The first kappa shape index (κ1) is 17.5. The van der Waals surface area contributed by atoms with E-state index >= 15 is 0 Å². The molecule has 1 fully saturated rings. The monoisotopic (exact) mass is 300 g/mol. The molecule has 1 rings (SSSR count). The van der Waals surface area contributed by atoms with Crippen molar-refractivity contribution in [3.05, 3.63) is 11.9 Å². The largest absolute Gasteiger partial charge is 0.444 e. The van der Waals surface area contributed by atoms with Gasteiger partial charge in [0.25, 0.3) is 5.91 Å². The van der Waals surface area contributed by atoms with Gasteiger partial charge in [-0.15, -0.1) is 0 Å². The molecule has 120 valence electrons. The number of carbonyl (C=O) groups excluding carboxylic acids is 2. The second kappa shape index (κ2) is 6.91. The Kier molecular flexibility index (Phi) is 5.75. The number of halogens is 1. The van der Waals surface area contributed by atoms with Crippen molar-refractivity contribution in [3.8, 4) is 0 Å². The molecule has 0 aromatic rings. The summed E-state index contributed by atoms with van der Waals surface area (Å²) in [7, 11) is 0. The fourth-order valence-corrected chi connectivity index (χ4v) is 2.09. The smallest absolute Gasteiger partial charge is 0.410 e. The Hall–Kier alpha value is -1.59. The Bertz CT molecular complexity index is 427. The summed E-state index contributed by atoms with van der Waals surface area (Å²) in [5, 5.41) is 2.48. The van der Waals surface area contributed by atoms with Crippen LogP contribution in [-0.4, -0.2) is 41.1 Å². The van der Waals surface area contributed by atoms with Gasteiger partial charge in [0.15, 0.2) is 5.83 Å². The van der Waals surface area contributed by atoms with Gasteiger partial charge in [-0.2, -0.15) is 0 Å². The van der Waals surface area contributed by atoms with Crippen LogP contribution in [0.5, 0.6) is 0 Å². The van der Waals surface area contributed by atoms with Crippen molar-refractivity contribution in [2.75, 3.05) is 6.54 Å². The van der Waals surface area contributed by atoms with E-state index in [9.17, 15) is 14.0 Å². The van der Waals surface area contributed by atoms with Crippen molar-refractivity contribution in [2.45, 2.75) is 65.1 Å². The molecule has 6 heteroatoms. The second-order valence-corrected chi connectivity index (χ2v) is 6.53. The molecule has 21 heavy (non-hydrogen) atoms. The van der Waals surface area contributed by atoms with Crippen molar-refractivity contribution in [1.29, 1.82) is 0 Å². The molecule has 0 bridgehead atoms. The Labute approximate surface area is 125 Å². The molecule has 1 saturated heterocycles. The van der Waals surface area contributed by atoms with E-state index in [0.717, 1.165) is 6.42 Å². The maximum absolute atomic E-state index is 13.9. The van der Waals surface area contributed by atoms with E-state index in [-0.39, 0.29) is 6.04 Å². The van der Waals surface area contributed by atoms with Crippen LogP contribution in [0.1, 0.15) is 47.5 Å². The number of ether oxygens (including phenoxy) is 1. The Morgan fingerprint density at radius 3 is 2.52 bits per heavy atom. The minimum atomic E-state index is -0.857. The van der Waals surface area contributed by atoms with Gasteiger partial charge in [0.1, 0.15) is 5.60 Å². The molecule has 1 aliphatic heterocycles. The van der Waals surface area contributed by atoms with Gasteiger partial charge in [-0.1, -0.05) is 0 Å². The summed E-state index contributed by atoms with van der Waals surface area (Å²) in [5.74, 6) is -1.61. The minimum Gasteiger partial charge on any atom is -0.444 e. The van der Waals surface area contributed by atoms with Gasteiger partial charge in [0.05, 0.1) is 6.04 Å². The Balaban J connectivity index is 2.73. The van der Waals surface area contributed by atoms with Crippen LogP contribution in [0.2, 0.25) is 0 Å². The molecule has 0 radical (unpaired) electrons. The first-order valence-electron chi connectivity index (χ1n) is 7.28. The summed E-state index contributed by atoms with van der Waals surface area (Å²) in [6.45, 7) is 9.37. The van der Waals surface area contributed by atoms with Gasteiger partial charge in [-0.3, -0.25) is 4.79 Å². The molecule has 1 N–H and O–H groups in total. The maximum Gasteiger partial charge on any atom is 0.410 e. The maximum atomic E-state index is 13.9. The van der Waals surface area contributed by atoms with Gasteiger partial charge in [-0.05, 0) is 53.5 Å². The molecule has 1 aliphatic rings. The predicted molar refractivity (Wildman–Crippen MR) is 78.4 cm³/mol. The Morgan fingerprint density at radius 1 is 1.38 bits per heavy atom. The molecule has 5 nitrogen and oxygen atoms in total. The van der Waals surface area contributed by atoms with Crippen molar-refractivity contribution in [3.63, 3.8) is 0 Å². The van der Waals surface area contributed by atoms with Crippen LogP contribution < -0.4 is 5.32 Å². The fourth-order valence-electron chi connectivity index (χ4n) is 2.09. The molecule has 0 spiro atoms. The van der Waals surface area contributed by atoms with Gasteiger partial charge in [0, 0.05) is 12.6 Å². The van der Waals surface area contributed by atoms with E-state index in [1.165, 1.54) is 11.0 Å². The lowest BCUT2D eigenvalue weighted by Gasteiger charge is -2.27. The van der Waals surface area contributed by atoms with E-state index in [1.54, 1.807) is 34.6 Å². The van der Waals surface area contributed by atoms with E-state index in [4.69, 9.17) is 4.74 Å². The molecule has 0 aromatic heterocycles. The van der Waals surface area contributed by atoms with Gasteiger partial charge in [-0.25, -0.2) is 9.18 Å². The highest BCUT2D eigenvalue weighted by Gasteiger charge is 2.31. The predicted octanol–water partition coefficient (Wildman–Crippen LogP) is 2.76. The molecule has 1 atom stereocenters. The third-order valence-electron chi connectivity index (χ3n) is 2.90. The highest BCUT2D eigenvalue weighted by Crippen LogP contribution is 2.23. The van der Waals surface area contributed by atoms with Crippen LogP contribution in [0.15, 0.2) is 11.9 Å². The summed E-state index contributed by atoms with van der Waals surface area (Å²) >= 11 is 0. The molecule has 0 aromatic carbocycles. The lowest BCUT2D eigenvalue weighted by Crippen LogP contribution is -2.39. The van der Waals surface area contributed by atoms with Crippen LogP contribution >= 0.6 is 0 Å². The number of hydrogen-bond donors (Lipinski definition) is 1. The first-order chi connectivity index (χ1) is 9.60.